The summed E-state index contributed by atoms with van der Waals surface area (Å²) in [6, 6.07) is 19.0. The molecule has 0 radical (unpaired) electrons. The molecule has 2 aliphatic heterocycles. The Morgan fingerprint density at radius 3 is 2.35 bits per heavy atom. The third kappa shape index (κ3) is 7.95. The SMILES string of the molecule is CCOc1cc(-c2ccc(F)cc2)c(C2CC2)cc1CN1CCC2(CC1)CN(c1ccc(CN=CN)cc1)C(=O)O2.CN=C(N)N. The maximum Gasteiger partial charge on any atom is 0.415 e. The number of piperidine rings is 1. The van der Waals surface area contributed by atoms with Crippen LogP contribution in [0.1, 0.15) is 55.2 Å². The summed E-state index contributed by atoms with van der Waals surface area (Å²) in [5, 5.41) is 0. The number of carbonyl (C=O) groups excluding carboxylic acids is 1. The molecule has 10 nitrogen and oxygen atoms in total. The molecule has 3 aliphatic rings. The molecular formula is C35H44FN7O3. The highest BCUT2D eigenvalue weighted by Gasteiger charge is 2.47. The van der Waals surface area contributed by atoms with Crippen LogP contribution in [0.15, 0.2) is 70.6 Å². The van der Waals surface area contributed by atoms with Crippen LogP contribution in [0.5, 0.6) is 5.75 Å². The Morgan fingerprint density at radius 2 is 1.76 bits per heavy atom. The van der Waals surface area contributed by atoms with Gasteiger partial charge in [-0.1, -0.05) is 24.3 Å². The standard InChI is InChI=1S/C33H37FN4O3.C2H7N3/c1-2-40-31-18-30(25-7-9-27(34)10-8-25)29(24-5-6-24)17-26(31)20-37-15-13-33(14-16-37)21-38(32(39)41-33)28-11-3-23(4-12-28)19-36-22-35;1-5-2(3)4/h3-4,7-12,17-18,22,24H,2,5-6,13-16,19-21H2,1H3,(H2,35,36);1H3,(H4,3,4,5). The lowest BCUT2D eigenvalue weighted by Gasteiger charge is -2.37. The summed E-state index contributed by atoms with van der Waals surface area (Å²) in [6.45, 7) is 6.10. The maximum absolute atomic E-state index is 13.6. The molecule has 3 fully saturated rings. The maximum atomic E-state index is 13.6. The molecule has 46 heavy (non-hydrogen) atoms. The Morgan fingerprint density at radius 1 is 1.09 bits per heavy atom. The van der Waals surface area contributed by atoms with E-state index in [0.29, 0.717) is 25.6 Å². The first-order valence-electron chi connectivity index (χ1n) is 15.8. The number of nitrogens with zero attached hydrogens (tertiary/aromatic N) is 4. The minimum absolute atomic E-state index is 0.130. The minimum Gasteiger partial charge on any atom is -0.494 e. The molecule has 3 aromatic carbocycles. The van der Waals surface area contributed by atoms with Crippen LogP contribution < -0.4 is 26.8 Å². The molecule has 3 aromatic rings. The van der Waals surface area contributed by atoms with Gasteiger partial charge in [-0.15, -0.1) is 0 Å². The Hall–Kier alpha value is -4.64. The van der Waals surface area contributed by atoms with Crippen molar-refractivity contribution in [2.24, 2.45) is 27.2 Å². The number of halogens is 1. The fourth-order valence-corrected chi connectivity index (χ4v) is 6.05. The number of rotatable bonds is 9. The summed E-state index contributed by atoms with van der Waals surface area (Å²) in [5.41, 5.74) is 21.1. The van der Waals surface area contributed by atoms with Crippen LogP contribution in [0.25, 0.3) is 11.1 Å². The van der Waals surface area contributed by atoms with Crippen molar-refractivity contribution in [1.29, 1.82) is 0 Å². The highest BCUT2D eigenvalue weighted by molar-refractivity contribution is 5.90. The summed E-state index contributed by atoms with van der Waals surface area (Å²) >= 11 is 0. The van der Waals surface area contributed by atoms with Crippen molar-refractivity contribution in [3.05, 3.63) is 83.2 Å². The summed E-state index contributed by atoms with van der Waals surface area (Å²) < 4.78 is 25.8. The van der Waals surface area contributed by atoms with Crippen molar-refractivity contribution in [2.75, 3.05) is 38.2 Å². The molecule has 244 valence electrons. The van der Waals surface area contributed by atoms with Gasteiger partial charge in [-0.3, -0.25) is 19.8 Å². The van der Waals surface area contributed by atoms with E-state index in [9.17, 15) is 9.18 Å². The van der Waals surface area contributed by atoms with Crippen molar-refractivity contribution in [3.63, 3.8) is 0 Å². The highest BCUT2D eigenvalue weighted by atomic mass is 19.1. The first-order valence-corrected chi connectivity index (χ1v) is 15.8. The number of anilines is 1. The molecule has 6 rings (SSSR count). The second-order valence-electron chi connectivity index (χ2n) is 12.0. The summed E-state index contributed by atoms with van der Waals surface area (Å²) in [7, 11) is 1.54. The Balaban J connectivity index is 0.000000775. The number of hydrogen-bond donors (Lipinski definition) is 3. The zero-order valence-electron chi connectivity index (χ0n) is 26.6. The van der Waals surface area contributed by atoms with Crippen LogP contribution in [-0.2, 0) is 17.8 Å². The van der Waals surface area contributed by atoms with E-state index in [1.807, 2.05) is 43.3 Å². The number of carbonyl (C=O) groups is 1. The molecule has 0 atom stereocenters. The second-order valence-corrected chi connectivity index (χ2v) is 12.0. The van der Waals surface area contributed by atoms with E-state index in [1.54, 1.807) is 4.90 Å². The quantitative estimate of drug-likeness (QED) is 0.220. The molecule has 0 bridgehead atoms. The predicted octanol–water partition coefficient (Wildman–Crippen LogP) is 5.14. The first-order chi connectivity index (χ1) is 22.2. The van der Waals surface area contributed by atoms with Crippen LogP contribution in [0, 0.1) is 5.82 Å². The van der Waals surface area contributed by atoms with E-state index >= 15 is 0 Å². The minimum atomic E-state index is -0.468. The number of benzene rings is 3. The van der Waals surface area contributed by atoms with Crippen LogP contribution in [0.4, 0.5) is 14.9 Å². The predicted molar refractivity (Wildman–Crippen MR) is 181 cm³/mol. The van der Waals surface area contributed by atoms with Crippen LogP contribution in [0.2, 0.25) is 0 Å². The summed E-state index contributed by atoms with van der Waals surface area (Å²) in [5.74, 6) is 1.33. The molecule has 2 saturated heterocycles. The Labute approximate surface area is 270 Å². The molecule has 0 unspecified atom stereocenters. The lowest BCUT2D eigenvalue weighted by atomic mass is 9.90. The van der Waals surface area contributed by atoms with Crippen LogP contribution in [0.3, 0.4) is 0 Å². The van der Waals surface area contributed by atoms with E-state index in [-0.39, 0.29) is 17.9 Å². The first kappa shape index (κ1) is 32.7. The fourth-order valence-electron chi connectivity index (χ4n) is 6.05. The van der Waals surface area contributed by atoms with Gasteiger partial charge in [-0.2, -0.15) is 0 Å². The van der Waals surface area contributed by atoms with Gasteiger partial charge in [0.25, 0.3) is 0 Å². The smallest absolute Gasteiger partial charge is 0.415 e. The largest absolute Gasteiger partial charge is 0.494 e. The zero-order valence-corrected chi connectivity index (χ0v) is 26.6. The van der Waals surface area contributed by atoms with Crippen molar-refractivity contribution in [3.8, 4) is 16.9 Å². The summed E-state index contributed by atoms with van der Waals surface area (Å²) in [6.07, 6.45) is 4.95. The molecular weight excluding hydrogens is 585 g/mol. The van der Waals surface area contributed by atoms with Crippen molar-refractivity contribution < 1.29 is 18.7 Å². The molecule has 1 amide bonds. The van der Waals surface area contributed by atoms with Crippen molar-refractivity contribution in [1.82, 2.24) is 4.90 Å². The Kier molecular flexibility index (Phi) is 10.4. The van der Waals surface area contributed by atoms with E-state index in [1.165, 1.54) is 49.5 Å². The van der Waals surface area contributed by atoms with Gasteiger partial charge >= 0.3 is 6.09 Å². The Bertz CT molecular complexity index is 1540. The molecule has 1 aliphatic carbocycles. The lowest BCUT2D eigenvalue weighted by Crippen LogP contribution is -2.46. The van der Waals surface area contributed by atoms with Crippen LogP contribution in [-0.4, -0.2) is 62.2 Å². The molecule has 0 aromatic heterocycles. The average Bonchev–Trinajstić information content (AvgIpc) is 3.86. The second kappa shape index (κ2) is 14.6. The van der Waals surface area contributed by atoms with Gasteiger partial charge in [0.2, 0.25) is 0 Å². The fraction of sp³-hybridized carbons (Fsp3) is 0.400. The zero-order chi connectivity index (χ0) is 32.7. The van der Waals surface area contributed by atoms with Crippen LogP contribution >= 0.6 is 0 Å². The lowest BCUT2D eigenvalue weighted by molar-refractivity contribution is -0.00111. The number of ether oxygens (including phenoxy) is 2. The molecule has 1 spiro atoms. The number of hydrogen-bond acceptors (Lipinski definition) is 6. The van der Waals surface area contributed by atoms with Crippen molar-refractivity contribution in [2.45, 2.75) is 57.2 Å². The van der Waals surface area contributed by atoms with Gasteiger partial charge in [0.05, 0.1) is 26.0 Å². The molecule has 2 heterocycles. The third-order valence-electron chi connectivity index (χ3n) is 8.72. The number of amides is 1. The van der Waals surface area contributed by atoms with Gasteiger partial charge in [-0.25, -0.2) is 9.18 Å². The molecule has 6 N–H and O–H groups in total. The van der Waals surface area contributed by atoms with Gasteiger partial charge in [0, 0.05) is 50.8 Å². The topological polar surface area (TPSA) is 145 Å². The van der Waals surface area contributed by atoms with Gasteiger partial charge in [-0.05, 0) is 84.3 Å². The summed E-state index contributed by atoms with van der Waals surface area (Å²) in [4.78, 5) is 24.5. The number of likely N-dealkylation sites (tertiary alicyclic amines) is 1. The highest BCUT2D eigenvalue weighted by Crippen LogP contribution is 2.47. The van der Waals surface area contributed by atoms with Gasteiger partial charge in [0.1, 0.15) is 17.2 Å². The van der Waals surface area contributed by atoms with E-state index in [2.05, 4.69) is 27.0 Å². The molecule has 11 heteroatoms. The van der Waals surface area contributed by atoms with E-state index in [4.69, 9.17) is 26.7 Å². The van der Waals surface area contributed by atoms with E-state index in [0.717, 1.165) is 60.6 Å². The van der Waals surface area contributed by atoms with Gasteiger partial charge < -0.3 is 26.7 Å². The molecule has 1 saturated carbocycles. The van der Waals surface area contributed by atoms with E-state index < -0.39 is 5.60 Å². The third-order valence-corrected chi connectivity index (χ3v) is 8.72. The number of guanidine groups is 1. The number of nitrogens with two attached hydrogens (primary N) is 3. The van der Waals surface area contributed by atoms with Crippen molar-refractivity contribution >= 4 is 24.1 Å². The normalized spacial score (nSPS) is 17.5. The monoisotopic (exact) mass is 629 g/mol. The number of aliphatic imine (C=N–C) groups is 2. The van der Waals surface area contributed by atoms with Gasteiger partial charge in [0.15, 0.2) is 5.96 Å². The average molecular weight is 630 g/mol.